The van der Waals surface area contributed by atoms with E-state index >= 15 is 0 Å². The zero-order valence-corrected chi connectivity index (χ0v) is 16.7. The molecule has 3 N–H and O–H groups in total. The molecule has 1 aromatic carbocycles. The Bertz CT molecular complexity index is 1030. The largest absolute Gasteiger partial charge is 0.506 e. The molecule has 0 bridgehead atoms. The minimum absolute atomic E-state index is 0.0642. The van der Waals surface area contributed by atoms with Crippen LogP contribution in [0.2, 0.25) is 0 Å². The highest BCUT2D eigenvalue weighted by Gasteiger charge is 2.15. The quantitative estimate of drug-likeness (QED) is 0.402. The number of nitrogens with one attached hydrogen (secondary N) is 2. The third kappa shape index (κ3) is 5.13. The lowest BCUT2D eigenvalue weighted by Crippen LogP contribution is -2.26. The molecule has 3 aromatic rings. The maximum Gasteiger partial charge on any atom is 0.270 e. The molecule has 152 valence electrons. The summed E-state index contributed by atoms with van der Waals surface area (Å²) in [5.41, 5.74) is 3.41. The van der Waals surface area contributed by atoms with E-state index in [1.807, 2.05) is 38.2 Å². The van der Waals surface area contributed by atoms with Gasteiger partial charge in [0.1, 0.15) is 17.1 Å². The maximum atomic E-state index is 12.5. The summed E-state index contributed by atoms with van der Waals surface area (Å²) in [5, 5.41) is 15.4. The van der Waals surface area contributed by atoms with Crippen LogP contribution in [-0.4, -0.2) is 32.9 Å². The van der Waals surface area contributed by atoms with E-state index in [1.54, 1.807) is 22.6 Å². The molecule has 2 amide bonds. The van der Waals surface area contributed by atoms with Crippen LogP contribution in [0.5, 0.6) is 5.75 Å². The van der Waals surface area contributed by atoms with Crippen LogP contribution >= 0.6 is 0 Å². The van der Waals surface area contributed by atoms with Crippen molar-refractivity contribution in [1.29, 1.82) is 0 Å². The molecule has 3 rings (SSSR count). The first-order valence-corrected chi connectivity index (χ1v) is 9.77. The van der Waals surface area contributed by atoms with Crippen LogP contribution in [0.15, 0.2) is 42.6 Å². The molecule has 2 aromatic heterocycles. The molecule has 29 heavy (non-hydrogen) atoms. The number of anilines is 1. The predicted molar refractivity (Wildman–Crippen MR) is 112 cm³/mol. The van der Waals surface area contributed by atoms with E-state index in [9.17, 15) is 14.7 Å². The van der Waals surface area contributed by atoms with Gasteiger partial charge in [-0.1, -0.05) is 18.6 Å². The number of hydrogen-bond donors (Lipinski definition) is 3. The standard InChI is InChI=1S/C22H26N4O3/c1-15-10-11-18(27)17(14-15)25-20(28)9-4-3-6-12-23-22(29)21-16(2)24-19-8-5-7-13-26(19)21/h5,7-8,10-11,13-14,27H,3-4,6,9,12H2,1-2H3,(H,23,29)(H,25,28). The Balaban J connectivity index is 1.38. The molecule has 7 nitrogen and oxygen atoms in total. The smallest absolute Gasteiger partial charge is 0.270 e. The summed E-state index contributed by atoms with van der Waals surface area (Å²) >= 11 is 0. The van der Waals surface area contributed by atoms with Gasteiger partial charge >= 0.3 is 0 Å². The second-order valence-corrected chi connectivity index (χ2v) is 7.11. The molecule has 0 fully saturated rings. The van der Waals surface area contributed by atoms with Crippen LogP contribution < -0.4 is 10.6 Å². The van der Waals surface area contributed by atoms with Gasteiger partial charge in [-0.25, -0.2) is 4.98 Å². The first-order valence-electron chi connectivity index (χ1n) is 9.77. The van der Waals surface area contributed by atoms with Crippen molar-refractivity contribution in [1.82, 2.24) is 14.7 Å². The van der Waals surface area contributed by atoms with Gasteiger partial charge in [-0.15, -0.1) is 0 Å². The van der Waals surface area contributed by atoms with Crippen LogP contribution in [0.3, 0.4) is 0 Å². The Hall–Kier alpha value is -3.35. The van der Waals surface area contributed by atoms with Gasteiger partial charge in [-0.05, 0) is 56.5 Å². The normalized spacial score (nSPS) is 10.8. The molecule has 0 aliphatic rings. The zero-order valence-electron chi connectivity index (χ0n) is 16.7. The molecule has 0 unspecified atom stereocenters. The van der Waals surface area contributed by atoms with E-state index in [4.69, 9.17) is 0 Å². The molecule has 0 atom stereocenters. The SMILES string of the molecule is Cc1ccc(O)c(NC(=O)CCCCCNC(=O)c2c(C)nc3ccccn23)c1. The molecule has 7 heteroatoms. The Labute approximate surface area is 169 Å². The first-order chi connectivity index (χ1) is 14.0. The maximum absolute atomic E-state index is 12.5. The van der Waals surface area contributed by atoms with Crippen molar-refractivity contribution in [3.05, 3.63) is 59.5 Å². The number of hydrogen-bond acceptors (Lipinski definition) is 4. The Morgan fingerprint density at radius 3 is 2.76 bits per heavy atom. The van der Waals surface area contributed by atoms with Crippen molar-refractivity contribution in [2.24, 2.45) is 0 Å². The van der Waals surface area contributed by atoms with E-state index in [-0.39, 0.29) is 17.6 Å². The molecule has 0 spiro atoms. The Morgan fingerprint density at radius 1 is 1.10 bits per heavy atom. The number of fused-ring (bicyclic) bond motifs is 1. The topological polar surface area (TPSA) is 95.7 Å². The number of phenolic OH excluding ortho intramolecular Hbond substituents is 1. The van der Waals surface area contributed by atoms with Gasteiger partial charge in [0.15, 0.2) is 0 Å². The third-order valence-corrected chi connectivity index (χ3v) is 4.71. The number of aryl methyl sites for hydroxylation is 2. The number of unbranched alkanes of at least 4 members (excludes halogenated alkanes) is 2. The van der Waals surface area contributed by atoms with Gasteiger partial charge in [0.25, 0.3) is 5.91 Å². The number of phenols is 1. The van der Waals surface area contributed by atoms with Crippen LogP contribution in [0.25, 0.3) is 5.65 Å². The molecule has 0 aliphatic heterocycles. The molecule has 0 saturated heterocycles. The lowest BCUT2D eigenvalue weighted by Gasteiger charge is -2.08. The minimum Gasteiger partial charge on any atom is -0.506 e. The number of carbonyl (C=O) groups is 2. The van der Waals surface area contributed by atoms with Crippen molar-refractivity contribution >= 4 is 23.1 Å². The van der Waals surface area contributed by atoms with E-state index in [0.717, 1.165) is 24.1 Å². The summed E-state index contributed by atoms with van der Waals surface area (Å²) in [5.74, 6) is -0.209. The van der Waals surface area contributed by atoms with Crippen molar-refractivity contribution in [3.63, 3.8) is 0 Å². The fourth-order valence-electron chi connectivity index (χ4n) is 3.22. The first kappa shape index (κ1) is 20.4. The van der Waals surface area contributed by atoms with Crippen LogP contribution in [-0.2, 0) is 4.79 Å². The fourth-order valence-corrected chi connectivity index (χ4v) is 3.22. The van der Waals surface area contributed by atoms with E-state index in [0.29, 0.717) is 36.5 Å². The van der Waals surface area contributed by atoms with Gasteiger partial charge in [0.2, 0.25) is 5.91 Å². The molecule has 0 aliphatic carbocycles. The van der Waals surface area contributed by atoms with Gasteiger partial charge in [0.05, 0.1) is 11.4 Å². The lowest BCUT2D eigenvalue weighted by molar-refractivity contribution is -0.116. The number of benzene rings is 1. The highest BCUT2D eigenvalue weighted by Crippen LogP contribution is 2.24. The van der Waals surface area contributed by atoms with Crippen LogP contribution in [0, 0.1) is 13.8 Å². The summed E-state index contributed by atoms with van der Waals surface area (Å²) in [7, 11) is 0. The summed E-state index contributed by atoms with van der Waals surface area (Å²) < 4.78 is 1.79. The minimum atomic E-state index is -0.145. The average molecular weight is 394 g/mol. The monoisotopic (exact) mass is 394 g/mol. The highest BCUT2D eigenvalue weighted by molar-refractivity contribution is 5.94. The fraction of sp³-hybridized carbons (Fsp3) is 0.318. The second kappa shape index (κ2) is 9.23. The molecule has 0 radical (unpaired) electrons. The van der Waals surface area contributed by atoms with Crippen molar-refractivity contribution in [2.75, 3.05) is 11.9 Å². The molecular weight excluding hydrogens is 368 g/mol. The van der Waals surface area contributed by atoms with Crippen LogP contribution in [0.1, 0.15) is 47.4 Å². The van der Waals surface area contributed by atoms with Gasteiger partial charge < -0.3 is 15.7 Å². The summed E-state index contributed by atoms with van der Waals surface area (Å²) in [6.45, 7) is 4.27. The van der Waals surface area contributed by atoms with Crippen molar-refractivity contribution in [2.45, 2.75) is 39.5 Å². The number of carbonyl (C=O) groups excluding carboxylic acids is 2. The number of aromatic nitrogens is 2. The van der Waals surface area contributed by atoms with Crippen molar-refractivity contribution < 1.29 is 14.7 Å². The number of nitrogens with zero attached hydrogens (tertiary/aromatic N) is 2. The Kier molecular flexibility index (Phi) is 6.49. The number of pyridine rings is 1. The lowest BCUT2D eigenvalue weighted by atomic mass is 10.1. The number of aromatic hydroxyl groups is 1. The summed E-state index contributed by atoms with van der Waals surface area (Å²) in [6, 6.07) is 10.7. The van der Waals surface area contributed by atoms with Gasteiger partial charge in [-0.2, -0.15) is 0 Å². The Morgan fingerprint density at radius 2 is 1.93 bits per heavy atom. The van der Waals surface area contributed by atoms with E-state index < -0.39 is 0 Å². The average Bonchev–Trinajstić information content (AvgIpc) is 3.03. The molecular formula is C22H26N4O3. The molecule has 0 saturated carbocycles. The summed E-state index contributed by atoms with van der Waals surface area (Å²) in [6.07, 6.45) is 4.51. The molecule has 2 heterocycles. The predicted octanol–water partition coefficient (Wildman–Crippen LogP) is 3.59. The van der Waals surface area contributed by atoms with Gasteiger partial charge in [0, 0.05) is 19.2 Å². The number of imidazole rings is 1. The number of rotatable bonds is 8. The third-order valence-electron chi connectivity index (χ3n) is 4.71. The van der Waals surface area contributed by atoms with Crippen molar-refractivity contribution in [3.8, 4) is 5.75 Å². The summed E-state index contributed by atoms with van der Waals surface area (Å²) in [4.78, 5) is 28.9. The van der Waals surface area contributed by atoms with E-state index in [2.05, 4.69) is 15.6 Å². The van der Waals surface area contributed by atoms with E-state index in [1.165, 1.54) is 0 Å². The van der Waals surface area contributed by atoms with Crippen LogP contribution in [0.4, 0.5) is 5.69 Å². The zero-order chi connectivity index (χ0) is 20.8. The highest BCUT2D eigenvalue weighted by atomic mass is 16.3. The number of amides is 2. The second-order valence-electron chi connectivity index (χ2n) is 7.11. The van der Waals surface area contributed by atoms with Gasteiger partial charge in [-0.3, -0.25) is 14.0 Å².